The van der Waals surface area contributed by atoms with Crippen LogP contribution in [0.2, 0.25) is 0 Å². The fourth-order valence-corrected chi connectivity index (χ4v) is 4.06. The van der Waals surface area contributed by atoms with Crippen LogP contribution < -0.4 is 10.1 Å². The second kappa shape index (κ2) is 11.6. The van der Waals surface area contributed by atoms with Crippen molar-refractivity contribution >= 4 is 5.91 Å². The highest BCUT2D eigenvalue weighted by Crippen LogP contribution is 2.31. The molecule has 7 heteroatoms. The Kier molecular flexibility index (Phi) is 7.68. The smallest absolute Gasteiger partial charge is 0.273 e. The number of nitrogens with zero attached hydrogens (tertiary/aromatic N) is 3. The largest absolute Gasteiger partial charge is 0.457 e. The molecule has 2 aromatic heterocycles. The zero-order valence-corrected chi connectivity index (χ0v) is 20.2. The van der Waals surface area contributed by atoms with Crippen LogP contribution in [-0.4, -0.2) is 33.9 Å². The van der Waals surface area contributed by atoms with Gasteiger partial charge in [0.1, 0.15) is 17.8 Å². The first-order valence-electron chi connectivity index (χ1n) is 12.4. The number of pyridine rings is 1. The number of amides is 1. The highest BCUT2D eigenvalue weighted by molar-refractivity contribution is 5.91. The van der Waals surface area contributed by atoms with Crippen LogP contribution in [0.15, 0.2) is 89.7 Å². The number of carbonyl (C=O) groups excluding carboxylic acids is 1. The van der Waals surface area contributed by atoms with Crippen molar-refractivity contribution in [3.05, 3.63) is 108 Å². The first-order valence-corrected chi connectivity index (χ1v) is 12.4. The van der Waals surface area contributed by atoms with Crippen LogP contribution in [0.3, 0.4) is 0 Å². The van der Waals surface area contributed by atoms with E-state index in [0.717, 1.165) is 35.8 Å². The van der Waals surface area contributed by atoms with Crippen LogP contribution in [0, 0.1) is 5.92 Å². The molecule has 0 unspecified atom stereocenters. The van der Waals surface area contributed by atoms with E-state index in [1.54, 1.807) is 6.20 Å². The van der Waals surface area contributed by atoms with Crippen LogP contribution in [0.5, 0.6) is 11.5 Å². The van der Waals surface area contributed by atoms with E-state index in [-0.39, 0.29) is 5.91 Å². The van der Waals surface area contributed by atoms with E-state index in [1.165, 1.54) is 19.1 Å². The molecule has 4 aromatic rings. The maximum absolute atomic E-state index is 12.5. The fourth-order valence-electron chi connectivity index (χ4n) is 4.06. The Morgan fingerprint density at radius 1 is 1.00 bits per heavy atom. The van der Waals surface area contributed by atoms with Crippen molar-refractivity contribution in [1.82, 2.24) is 20.2 Å². The van der Waals surface area contributed by atoms with Gasteiger partial charge in [-0.25, -0.2) is 4.98 Å². The van der Waals surface area contributed by atoms with Crippen molar-refractivity contribution < 1.29 is 13.9 Å². The van der Waals surface area contributed by atoms with Crippen molar-refractivity contribution in [2.75, 3.05) is 13.1 Å². The van der Waals surface area contributed by atoms with Gasteiger partial charge in [0.15, 0.2) is 5.69 Å². The first kappa shape index (κ1) is 23.8. The number of hydrogen-bond acceptors (Lipinski definition) is 6. The van der Waals surface area contributed by atoms with E-state index in [9.17, 15) is 4.79 Å². The Labute approximate surface area is 211 Å². The second-order valence-corrected chi connectivity index (χ2v) is 9.13. The second-order valence-electron chi connectivity index (χ2n) is 9.13. The summed E-state index contributed by atoms with van der Waals surface area (Å²) in [6.45, 7) is 2.75. The van der Waals surface area contributed by atoms with Crippen molar-refractivity contribution in [2.24, 2.45) is 5.92 Å². The molecule has 0 bridgehead atoms. The third-order valence-corrected chi connectivity index (χ3v) is 6.03. The molecule has 5 rings (SSSR count). The first-order chi connectivity index (χ1) is 17.7. The van der Waals surface area contributed by atoms with Gasteiger partial charge in [0.2, 0.25) is 5.89 Å². The molecule has 1 N–H and O–H groups in total. The van der Waals surface area contributed by atoms with Crippen molar-refractivity contribution in [1.29, 1.82) is 0 Å². The van der Waals surface area contributed by atoms with Crippen molar-refractivity contribution in [3.8, 4) is 11.5 Å². The quantitative estimate of drug-likeness (QED) is 0.297. The molecule has 1 fully saturated rings. The molecule has 1 saturated carbocycles. The molecule has 0 aliphatic heterocycles. The molecular weight excluding hydrogens is 452 g/mol. The van der Waals surface area contributed by atoms with Gasteiger partial charge in [-0.3, -0.25) is 14.7 Å². The number of ether oxygens (including phenoxy) is 1. The summed E-state index contributed by atoms with van der Waals surface area (Å²) in [6, 6.07) is 23.7. The van der Waals surface area contributed by atoms with Gasteiger partial charge in [0.25, 0.3) is 5.91 Å². The number of benzene rings is 2. The third kappa shape index (κ3) is 7.02. The summed E-state index contributed by atoms with van der Waals surface area (Å²) < 4.78 is 11.7. The topological polar surface area (TPSA) is 80.5 Å². The van der Waals surface area contributed by atoms with Gasteiger partial charge < -0.3 is 14.5 Å². The highest BCUT2D eigenvalue weighted by Gasteiger charge is 2.25. The van der Waals surface area contributed by atoms with Crippen molar-refractivity contribution in [3.63, 3.8) is 0 Å². The Balaban J connectivity index is 1.18. The fraction of sp³-hybridized carbons (Fsp3) is 0.276. The lowest BCUT2D eigenvalue weighted by Crippen LogP contribution is -2.27. The Hall–Kier alpha value is -3.97. The Morgan fingerprint density at radius 3 is 2.64 bits per heavy atom. The molecule has 2 heterocycles. The molecule has 2 aromatic carbocycles. The van der Waals surface area contributed by atoms with Crippen LogP contribution >= 0.6 is 0 Å². The minimum atomic E-state index is -0.236. The predicted octanol–water partition coefficient (Wildman–Crippen LogP) is 5.25. The van der Waals surface area contributed by atoms with Gasteiger partial charge in [-0.2, -0.15) is 0 Å². The molecule has 1 aliphatic rings. The Bertz CT molecular complexity index is 1260. The molecule has 36 heavy (non-hydrogen) atoms. The molecule has 7 nitrogen and oxygen atoms in total. The number of rotatable bonds is 12. The monoisotopic (exact) mass is 482 g/mol. The molecule has 184 valence electrons. The van der Waals surface area contributed by atoms with Crippen LogP contribution in [0.1, 0.15) is 40.5 Å². The van der Waals surface area contributed by atoms with Gasteiger partial charge in [0.05, 0.1) is 6.54 Å². The summed E-state index contributed by atoms with van der Waals surface area (Å²) in [5.74, 6) is 2.64. The zero-order chi connectivity index (χ0) is 24.6. The highest BCUT2D eigenvalue weighted by atomic mass is 16.5. The van der Waals surface area contributed by atoms with Gasteiger partial charge in [0, 0.05) is 37.9 Å². The predicted molar refractivity (Wildman–Crippen MR) is 137 cm³/mol. The lowest BCUT2D eigenvalue weighted by Gasteiger charge is -2.21. The van der Waals surface area contributed by atoms with Crippen LogP contribution in [0.25, 0.3) is 0 Å². The van der Waals surface area contributed by atoms with E-state index < -0.39 is 0 Å². The summed E-state index contributed by atoms with van der Waals surface area (Å²) in [6.07, 6.45) is 6.36. The summed E-state index contributed by atoms with van der Waals surface area (Å²) in [7, 11) is 0. The van der Waals surface area contributed by atoms with E-state index in [4.69, 9.17) is 9.15 Å². The average molecular weight is 483 g/mol. The summed E-state index contributed by atoms with van der Waals surface area (Å²) in [5.41, 5.74) is 2.39. The van der Waals surface area contributed by atoms with E-state index >= 15 is 0 Å². The molecule has 0 saturated heterocycles. The van der Waals surface area contributed by atoms with Gasteiger partial charge in [-0.15, -0.1) is 0 Å². The van der Waals surface area contributed by atoms with Crippen LogP contribution in [0.4, 0.5) is 0 Å². The molecule has 1 amide bonds. The number of nitrogens with one attached hydrogen (secondary N) is 1. The lowest BCUT2D eigenvalue weighted by molar-refractivity contribution is 0.0949. The van der Waals surface area contributed by atoms with E-state index in [2.05, 4.69) is 32.3 Å². The van der Waals surface area contributed by atoms with E-state index in [0.29, 0.717) is 37.0 Å². The van der Waals surface area contributed by atoms with E-state index in [1.807, 2.05) is 60.7 Å². The van der Waals surface area contributed by atoms with Gasteiger partial charge in [-0.05, 0) is 60.7 Å². The number of aromatic nitrogens is 2. The number of para-hydroxylation sites is 1. The molecule has 1 aliphatic carbocycles. The SMILES string of the molecule is O=C(NCCc1ccccn1)c1coc(CN(Cc2cccc(Oc3ccccc3)c2)CC2CC2)n1. The normalized spacial score (nSPS) is 13.0. The average Bonchev–Trinajstić information content (AvgIpc) is 3.59. The standard InChI is InChI=1S/C29H30N4O3/c34-29(31-16-14-24-8-4-5-15-30-24)27-21-35-28(32-27)20-33(18-22-12-13-22)19-23-7-6-11-26(17-23)36-25-9-2-1-3-10-25/h1-11,15,17,21-22H,12-14,16,18-20H2,(H,31,34). The molecule has 0 radical (unpaired) electrons. The number of carbonyl (C=O) groups is 1. The number of oxazole rings is 1. The molecule has 0 atom stereocenters. The zero-order valence-electron chi connectivity index (χ0n) is 20.2. The van der Waals surface area contributed by atoms with Crippen molar-refractivity contribution in [2.45, 2.75) is 32.4 Å². The maximum Gasteiger partial charge on any atom is 0.273 e. The van der Waals surface area contributed by atoms with Gasteiger partial charge in [-0.1, -0.05) is 36.4 Å². The van der Waals surface area contributed by atoms with Gasteiger partial charge >= 0.3 is 0 Å². The van der Waals surface area contributed by atoms with Crippen LogP contribution in [-0.2, 0) is 19.5 Å². The third-order valence-electron chi connectivity index (χ3n) is 6.03. The molecular formula is C29H30N4O3. The molecule has 0 spiro atoms. The minimum absolute atomic E-state index is 0.236. The summed E-state index contributed by atoms with van der Waals surface area (Å²) in [5, 5.41) is 2.89. The number of hydrogen-bond donors (Lipinski definition) is 1. The summed E-state index contributed by atoms with van der Waals surface area (Å²) >= 11 is 0. The minimum Gasteiger partial charge on any atom is -0.457 e. The lowest BCUT2D eigenvalue weighted by atomic mass is 10.2. The Morgan fingerprint density at radius 2 is 1.83 bits per heavy atom. The summed E-state index contributed by atoms with van der Waals surface area (Å²) in [4.78, 5) is 23.6. The maximum atomic E-state index is 12.5.